The van der Waals surface area contributed by atoms with Crippen molar-refractivity contribution in [2.75, 3.05) is 19.5 Å². The van der Waals surface area contributed by atoms with Crippen molar-refractivity contribution in [3.8, 4) is 23.0 Å². The summed E-state index contributed by atoms with van der Waals surface area (Å²) in [5.74, 6) is 1.52. The van der Waals surface area contributed by atoms with Gasteiger partial charge in [-0.2, -0.15) is 0 Å². The molecule has 0 bridgehead atoms. The lowest BCUT2D eigenvalue weighted by molar-refractivity contribution is -0.120. The van der Waals surface area contributed by atoms with Crippen LogP contribution < -0.4 is 14.8 Å². The highest BCUT2D eigenvalue weighted by Gasteiger charge is 2.23. The van der Waals surface area contributed by atoms with Crippen molar-refractivity contribution >= 4 is 11.9 Å². The molecule has 7 heteroatoms. The van der Waals surface area contributed by atoms with Gasteiger partial charge in [0.15, 0.2) is 0 Å². The lowest BCUT2D eigenvalue weighted by Gasteiger charge is -2.19. The second-order valence-corrected chi connectivity index (χ2v) is 5.84. The van der Waals surface area contributed by atoms with E-state index in [0.29, 0.717) is 23.0 Å². The minimum absolute atomic E-state index is 0.0333. The second-order valence-electron chi connectivity index (χ2n) is 5.84. The van der Waals surface area contributed by atoms with E-state index in [1.807, 2.05) is 0 Å². The van der Waals surface area contributed by atoms with Crippen LogP contribution in [0.1, 0.15) is 32.1 Å². The normalized spacial score (nSPS) is 15.1. The van der Waals surface area contributed by atoms with Gasteiger partial charge in [0.2, 0.25) is 11.8 Å². The van der Waals surface area contributed by atoms with Crippen molar-refractivity contribution in [2.45, 2.75) is 32.1 Å². The van der Waals surface area contributed by atoms with Crippen LogP contribution in [-0.4, -0.2) is 30.3 Å². The predicted molar refractivity (Wildman–Crippen MR) is 88.0 cm³/mol. The van der Waals surface area contributed by atoms with Crippen molar-refractivity contribution in [1.29, 1.82) is 0 Å². The van der Waals surface area contributed by atoms with Crippen molar-refractivity contribution in [2.24, 2.45) is 5.92 Å². The first kappa shape index (κ1) is 16.3. The van der Waals surface area contributed by atoms with E-state index in [1.165, 1.54) is 6.42 Å². The number of methoxy groups -OCH3 is 2. The van der Waals surface area contributed by atoms with Gasteiger partial charge in [-0.15, -0.1) is 5.10 Å². The monoisotopic (exact) mass is 331 g/mol. The van der Waals surface area contributed by atoms with Gasteiger partial charge in [0.1, 0.15) is 11.5 Å². The molecule has 0 spiro atoms. The van der Waals surface area contributed by atoms with Crippen LogP contribution in [0.4, 0.5) is 6.01 Å². The molecule has 1 heterocycles. The Balaban J connectivity index is 1.74. The third kappa shape index (κ3) is 3.67. The number of ether oxygens (including phenoxy) is 2. The maximum Gasteiger partial charge on any atom is 0.322 e. The second kappa shape index (κ2) is 7.33. The van der Waals surface area contributed by atoms with Crippen LogP contribution in [-0.2, 0) is 4.79 Å². The Hall–Kier alpha value is -2.57. The Kier molecular flexibility index (Phi) is 4.98. The first-order valence-corrected chi connectivity index (χ1v) is 8.07. The van der Waals surface area contributed by atoms with Crippen molar-refractivity contribution < 1.29 is 18.7 Å². The zero-order valence-electron chi connectivity index (χ0n) is 13.9. The van der Waals surface area contributed by atoms with Crippen molar-refractivity contribution in [3.63, 3.8) is 0 Å². The van der Waals surface area contributed by atoms with E-state index in [0.717, 1.165) is 25.7 Å². The summed E-state index contributed by atoms with van der Waals surface area (Å²) < 4.78 is 16.0. The number of carbonyl (C=O) groups is 1. The first-order valence-electron chi connectivity index (χ1n) is 8.07. The molecule has 1 aliphatic carbocycles. The van der Waals surface area contributed by atoms with E-state index >= 15 is 0 Å². The Bertz CT molecular complexity index is 685. The van der Waals surface area contributed by atoms with E-state index in [2.05, 4.69) is 15.5 Å². The van der Waals surface area contributed by atoms with E-state index < -0.39 is 0 Å². The Morgan fingerprint density at radius 3 is 2.38 bits per heavy atom. The van der Waals surface area contributed by atoms with Gasteiger partial charge in [0, 0.05) is 17.5 Å². The average molecular weight is 331 g/mol. The zero-order valence-corrected chi connectivity index (χ0v) is 13.9. The number of amides is 1. The number of benzene rings is 1. The molecule has 0 unspecified atom stereocenters. The average Bonchev–Trinajstić information content (AvgIpc) is 3.10. The molecule has 0 aliphatic heterocycles. The molecular formula is C17H21N3O4. The van der Waals surface area contributed by atoms with Crippen LogP contribution in [0.5, 0.6) is 11.5 Å². The van der Waals surface area contributed by atoms with E-state index in [1.54, 1.807) is 32.4 Å². The highest BCUT2D eigenvalue weighted by Crippen LogP contribution is 2.30. The van der Waals surface area contributed by atoms with Crippen LogP contribution in [0, 0.1) is 5.92 Å². The van der Waals surface area contributed by atoms with Crippen LogP contribution in [0.15, 0.2) is 22.6 Å². The number of hydrogen-bond donors (Lipinski definition) is 1. The maximum atomic E-state index is 12.2. The Morgan fingerprint density at radius 2 is 1.75 bits per heavy atom. The van der Waals surface area contributed by atoms with Crippen molar-refractivity contribution in [3.05, 3.63) is 18.2 Å². The summed E-state index contributed by atoms with van der Waals surface area (Å²) in [5, 5.41) is 10.6. The van der Waals surface area contributed by atoms with Crippen LogP contribution in [0.3, 0.4) is 0 Å². The number of nitrogens with one attached hydrogen (secondary N) is 1. The van der Waals surface area contributed by atoms with Gasteiger partial charge in [0.25, 0.3) is 0 Å². The standard InChI is InChI=1S/C17H21N3O4/c1-22-13-8-12(9-14(10-13)23-2)16-19-20-17(24-16)18-15(21)11-6-4-3-5-7-11/h8-11H,3-7H2,1-2H3,(H,18,20,21). The van der Waals surface area contributed by atoms with Gasteiger partial charge in [-0.1, -0.05) is 24.4 Å². The number of anilines is 1. The van der Waals surface area contributed by atoms with Crippen LogP contribution in [0.2, 0.25) is 0 Å². The lowest BCUT2D eigenvalue weighted by Crippen LogP contribution is -2.24. The fourth-order valence-corrected chi connectivity index (χ4v) is 2.89. The number of rotatable bonds is 5. The molecule has 3 rings (SSSR count). The molecule has 1 N–H and O–H groups in total. The molecule has 2 aromatic rings. The minimum Gasteiger partial charge on any atom is -0.497 e. The summed E-state index contributed by atoms with van der Waals surface area (Å²) in [6.45, 7) is 0. The van der Waals surface area contributed by atoms with Crippen LogP contribution in [0.25, 0.3) is 11.5 Å². The van der Waals surface area contributed by atoms with Gasteiger partial charge in [-0.25, -0.2) is 0 Å². The molecule has 1 amide bonds. The fourth-order valence-electron chi connectivity index (χ4n) is 2.89. The van der Waals surface area contributed by atoms with Gasteiger partial charge in [0.05, 0.1) is 14.2 Å². The predicted octanol–water partition coefficient (Wildman–Crippen LogP) is 3.27. The Morgan fingerprint density at radius 1 is 1.08 bits per heavy atom. The van der Waals surface area contributed by atoms with E-state index in [9.17, 15) is 4.79 Å². The molecule has 1 aromatic carbocycles. The summed E-state index contributed by atoms with van der Waals surface area (Å²) >= 11 is 0. The molecule has 0 saturated heterocycles. The summed E-state index contributed by atoms with van der Waals surface area (Å²) in [6, 6.07) is 5.40. The molecule has 1 aromatic heterocycles. The largest absolute Gasteiger partial charge is 0.497 e. The Labute approximate surface area is 140 Å². The smallest absolute Gasteiger partial charge is 0.322 e. The third-order valence-corrected chi connectivity index (χ3v) is 4.23. The fraction of sp³-hybridized carbons (Fsp3) is 0.471. The number of carbonyl (C=O) groups excluding carboxylic acids is 1. The SMILES string of the molecule is COc1cc(OC)cc(-c2nnc(NC(=O)C3CCCCC3)o2)c1. The summed E-state index contributed by atoms with van der Waals surface area (Å²) in [7, 11) is 3.14. The number of hydrogen-bond acceptors (Lipinski definition) is 6. The van der Waals surface area contributed by atoms with Gasteiger partial charge in [-0.05, 0) is 25.0 Å². The molecule has 128 valence electrons. The molecule has 7 nitrogen and oxygen atoms in total. The van der Waals surface area contributed by atoms with Crippen LogP contribution >= 0.6 is 0 Å². The summed E-state index contributed by atoms with van der Waals surface area (Å²) in [5.41, 5.74) is 0.664. The van der Waals surface area contributed by atoms with Crippen molar-refractivity contribution in [1.82, 2.24) is 10.2 Å². The molecule has 0 radical (unpaired) electrons. The van der Waals surface area contributed by atoms with Gasteiger partial charge in [-0.3, -0.25) is 10.1 Å². The lowest BCUT2D eigenvalue weighted by atomic mass is 9.89. The molecule has 1 aliphatic rings. The third-order valence-electron chi connectivity index (χ3n) is 4.23. The number of aromatic nitrogens is 2. The molecule has 1 fully saturated rings. The highest BCUT2D eigenvalue weighted by molar-refractivity contribution is 5.90. The summed E-state index contributed by atoms with van der Waals surface area (Å²) in [4.78, 5) is 12.2. The summed E-state index contributed by atoms with van der Waals surface area (Å²) in [6.07, 6.45) is 5.22. The molecular weight excluding hydrogens is 310 g/mol. The quantitative estimate of drug-likeness (QED) is 0.905. The van der Waals surface area contributed by atoms with E-state index in [4.69, 9.17) is 13.9 Å². The maximum absolute atomic E-state index is 12.2. The topological polar surface area (TPSA) is 86.5 Å². The molecule has 0 atom stereocenters. The molecule has 1 saturated carbocycles. The van der Waals surface area contributed by atoms with Gasteiger partial charge >= 0.3 is 6.01 Å². The zero-order chi connectivity index (χ0) is 16.9. The van der Waals surface area contributed by atoms with Gasteiger partial charge < -0.3 is 13.9 Å². The minimum atomic E-state index is -0.0480. The first-order chi connectivity index (χ1) is 11.7. The number of nitrogens with zero attached hydrogens (tertiary/aromatic N) is 2. The van der Waals surface area contributed by atoms with E-state index in [-0.39, 0.29) is 17.8 Å². The highest BCUT2D eigenvalue weighted by atomic mass is 16.5. The molecule has 24 heavy (non-hydrogen) atoms.